The van der Waals surface area contributed by atoms with Gasteiger partial charge in [-0.1, -0.05) is 101 Å². The highest BCUT2D eigenvalue weighted by atomic mass is 15.2. The lowest BCUT2D eigenvalue weighted by Crippen LogP contribution is -2.38. The van der Waals surface area contributed by atoms with Gasteiger partial charge >= 0.3 is 0 Å². The van der Waals surface area contributed by atoms with Crippen molar-refractivity contribution in [3.63, 3.8) is 0 Å². The van der Waals surface area contributed by atoms with Crippen LogP contribution in [0.2, 0.25) is 0 Å². The maximum absolute atomic E-state index is 4.16. The van der Waals surface area contributed by atoms with Crippen molar-refractivity contribution in [3.8, 4) is 0 Å². The molecular formula is C25H56N2. The van der Waals surface area contributed by atoms with Crippen LogP contribution >= 0.6 is 0 Å². The lowest BCUT2D eigenvalue weighted by atomic mass is 10.1. The molecule has 166 valence electrons. The molecule has 0 aromatic rings. The SMILES string of the molecule is C=CC(C)N(CC(C)C)C(=C)CNC(C)C.C=CCCC.CC.CC.CC. The van der Waals surface area contributed by atoms with E-state index < -0.39 is 0 Å². The minimum absolute atomic E-state index is 0.351. The van der Waals surface area contributed by atoms with Crippen molar-refractivity contribution in [2.45, 2.75) is 108 Å². The number of nitrogens with zero attached hydrogens (tertiary/aromatic N) is 1. The smallest absolute Gasteiger partial charge is 0.0439 e. The number of hydrogen-bond donors (Lipinski definition) is 1. The zero-order valence-electron chi connectivity index (χ0n) is 21.3. The second-order valence-electron chi connectivity index (χ2n) is 6.20. The van der Waals surface area contributed by atoms with Crippen molar-refractivity contribution < 1.29 is 0 Å². The van der Waals surface area contributed by atoms with Gasteiger partial charge in [-0.2, -0.15) is 0 Å². The van der Waals surface area contributed by atoms with Gasteiger partial charge in [-0.05, 0) is 19.3 Å². The molecule has 1 atom stereocenters. The van der Waals surface area contributed by atoms with Crippen LogP contribution in [0.4, 0.5) is 0 Å². The number of hydrogen-bond acceptors (Lipinski definition) is 2. The van der Waals surface area contributed by atoms with Crippen molar-refractivity contribution in [2.24, 2.45) is 5.92 Å². The Hall–Kier alpha value is -1.02. The number of nitrogens with one attached hydrogen (secondary N) is 1. The first-order valence-corrected chi connectivity index (χ1v) is 11.2. The first-order chi connectivity index (χ1) is 12.8. The summed E-state index contributed by atoms with van der Waals surface area (Å²) >= 11 is 0. The molecule has 0 saturated heterocycles. The van der Waals surface area contributed by atoms with E-state index in [0.717, 1.165) is 25.2 Å². The Morgan fingerprint density at radius 3 is 1.59 bits per heavy atom. The van der Waals surface area contributed by atoms with E-state index in [1.165, 1.54) is 6.42 Å². The van der Waals surface area contributed by atoms with Gasteiger partial charge in [-0.25, -0.2) is 0 Å². The van der Waals surface area contributed by atoms with Gasteiger partial charge in [-0.3, -0.25) is 0 Å². The van der Waals surface area contributed by atoms with E-state index in [4.69, 9.17) is 0 Å². The molecule has 0 saturated carbocycles. The highest BCUT2D eigenvalue weighted by Gasteiger charge is 2.14. The molecule has 0 aliphatic rings. The Labute approximate surface area is 175 Å². The van der Waals surface area contributed by atoms with E-state index in [1.807, 2.05) is 53.7 Å². The van der Waals surface area contributed by atoms with Gasteiger partial charge in [0.15, 0.2) is 0 Å². The molecule has 0 fully saturated rings. The molecule has 27 heavy (non-hydrogen) atoms. The van der Waals surface area contributed by atoms with Gasteiger partial charge in [0, 0.05) is 30.9 Å². The predicted molar refractivity (Wildman–Crippen MR) is 133 cm³/mol. The van der Waals surface area contributed by atoms with Crippen LogP contribution in [0.5, 0.6) is 0 Å². The summed E-state index contributed by atoms with van der Waals surface area (Å²) in [5.41, 5.74) is 1.15. The molecule has 0 bridgehead atoms. The van der Waals surface area contributed by atoms with Gasteiger partial charge in [-0.15, -0.1) is 13.2 Å². The van der Waals surface area contributed by atoms with Crippen molar-refractivity contribution in [1.29, 1.82) is 0 Å². The van der Waals surface area contributed by atoms with Crippen LogP contribution in [0, 0.1) is 5.92 Å². The highest BCUT2D eigenvalue weighted by molar-refractivity contribution is 5.02. The summed E-state index contributed by atoms with van der Waals surface area (Å²) in [4.78, 5) is 2.33. The van der Waals surface area contributed by atoms with Crippen LogP contribution in [0.3, 0.4) is 0 Å². The van der Waals surface area contributed by atoms with E-state index in [2.05, 4.69) is 71.5 Å². The molecule has 2 nitrogen and oxygen atoms in total. The summed E-state index contributed by atoms with van der Waals surface area (Å²) in [6.45, 7) is 38.5. The quantitative estimate of drug-likeness (QED) is 0.383. The fourth-order valence-corrected chi connectivity index (χ4v) is 1.73. The molecule has 0 spiro atoms. The van der Waals surface area contributed by atoms with Crippen molar-refractivity contribution >= 4 is 0 Å². The van der Waals surface area contributed by atoms with Crippen molar-refractivity contribution in [1.82, 2.24) is 10.2 Å². The van der Waals surface area contributed by atoms with E-state index in [9.17, 15) is 0 Å². The minimum atomic E-state index is 0.351. The molecule has 0 heterocycles. The van der Waals surface area contributed by atoms with Gasteiger partial charge in [0.25, 0.3) is 0 Å². The topological polar surface area (TPSA) is 15.3 Å². The zero-order valence-corrected chi connectivity index (χ0v) is 21.3. The Kier molecular flexibility index (Phi) is 44.5. The summed E-state index contributed by atoms with van der Waals surface area (Å²) in [6, 6.07) is 0.848. The maximum Gasteiger partial charge on any atom is 0.0439 e. The van der Waals surface area contributed by atoms with Crippen LogP contribution in [-0.4, -0.2) is 30.1 Å². The summed E-state index contributed by atoms with van der Waals surface area (Å²) < 4.78 is 0. The number of unbranched alkanes of at least 4 members (excludes halogenated alkanes) is 1. The van der Waals surface area contributed by atoms with E-state index in [1.54, 1.807) is 0 Å². The zero-order chi connectivity index (χ0) is 22.8. The maximum atomic E-state index is 4.16. The third-order valence-electron chi connectivity index (χ3n) is 3.01. The molecule has 0 rings (SSSR count). The molecule has 0 aromatic carbocycles. The van der Waals surface area contributed by atoms with E-state index >= 15 is 0 Å². The Morgan fingerprint density at radius 1 is 0.926 bits per heavy atom. The molecule has 0 amide bonds. The Morgan fingerprint density at radius 2 is 1.37 bits per heavy atom. The summed E-state index contributed by atoms with van der Waals surface area (Å²) in [6.07, 6.45) is 6.28. The van der Waals surface area contributed by atoms with Crippen LogP contribution in [0.1, 0.15) is 95.9 Å². The first-order valence-electron chi connectivity index (χ1n) is 11.2. The van der Waals surface area contributed by atoms with Crippen LogP contribution in [0.25, 0.3) is 0 Å². The van der Waals surface area contributed by atoms with Gasteiger partial charge in [0.05, 0.1) is 0 Å². The normalized spacial score (nSPS) is 9.70. The van der Waals surface area contributed by atoms with Gasteiger partial charge in [0.1, 0.15) is 0 Å². The summed E-state index contributed by atoms with van der Waals surface area (Å²) in [5, 5.41) is 3.40. The molecule has 0 aromatic heterocycles. The third kappa shape index (κ3) is 33.0. The van der Waals surface area contributed by atoms with Gasteiger partial charge in [0.2, 0.25) is 0 Å². The average molecular weight is 385 g/mol. The first kappa shape index (κ1) is 36.8. The lowest BCUT2D eigenvalue weighted by Gasteiger charge is -2.33. The Bertz CT molecular complexity index is 280. The predicted octanol–water partition coefficient (Wildman–Crippen LogP) is 8.08. The molecule has 1 unspecified atom stereocenters. The van der Waals surface area contributed by atoms with Crippen LogP contribution < -0.4 is 5.32 Å². The highest BCUT2D eigenvalue weighted by Crippen LogP contribution is 2.11. The number of rotatable bonds is 10. The lowest BCUT2D eigenvalue weighted by molar-refractivity contribution is 0.265. The summed E-state index contributed by atoms with van der Waals surface area (Å²) in [7, 11) is 0. The molecule has 0 radical (unpaired) electrons. The minimum Gasteiger partial charge on any atom is -0.368 e. The van der Waals surface area contributed by atoms with E-state index in [0.29, 0.717) is 18.0 Å². The van der Waals surface area contributed by atoms with Crippen molar-refractivity contribution in [3.05, 3.63) is 37.6 Å². The monoisotopic (exact) mass is 384 g/mol. The largest absolute Gasteiger partial charge is 0.368 e. The third-order valence-corrected chi connectivity index (χ3v) is 3.01. The van der Waals surface area contributed by atoms with Crippen molar-refractivity contribution in [2.75, 3.05) is 13.1 Å². The molecule has 2 heteroatoms. The van der Waals surface area contributed by atoms with Crippen LogP contribution in [0.15, 0.2) is 37.6 Å². The average Bonchev–Trinajstić information content (AvgIpc) is 2.69. The standard InChI is InChI=1S/C14H28N2.C5H10.3C2H6/c1-8-13(6)16(10-11(2)3)14(7)9-15-12(4)5;1-3-5-4-2;3*1-2/h8,11-13,15H,1,7,9-10H2,2-6H3;3H,1,4-5H2,2H3;3*1-2H3. The van der Waals surface area contributed by atoms with Gasteiger partial charge < -0.3 is 10.2 Å². The fourth-order valence-electron chi connectivity index (χ4n) is 1.73. The summed E-state index contributed by atoms with van der Waals surface area (Å²) in [5.74, 6) is 0.637. The number of allylic oxidation sites excluding steroid dienone is 1. The fraction of sp³-hybridized carbons (Fsp3) is 0.760. The Balaban J connectivity index is -0.000000122. The molecular weight excluding hydrogens is 328 g/mol. The van der Waals surface area contributed by atoms with E-state index in [-0.39, 0.29) is 0 Å². The molecule has 0 aliphatic heterocycles. The molecule has 0 aliphatic carbocycles. The van der Waals surface area contributed by atoms with Crippen LogP contribution in [-0.2, 0) is 0 Å². The second kappa shape index (κ2) is 32.6. The molecule has 1 N–H and O–H groups in total. The second-order valence-corrected chi connectivity index (χ2v) is 6.20.